The van der Waals surface area contributed by atoms with Gasteiger partial charge in [0.15, 0.2) is 0 Å². The van der Waals surface area contributed by atoms with Crippen molar-refractivity contribution in [1.82, 2.24) is 0 Å². The van der Waals surface area contributed by atoms with Crippen molar-refractivity contribution >= 4 is 102 Å². The van der Waals surface area contributed by atoms with E-state index in [4.69, 9.17) is 8.83 Å². The zero-order valence-electron chi connectivity index (χ0n) is 72.4. The summed E-state index contributed by atoms with van der Waals surface area (Å²) in [4.78, 5) is 4.57. The Hall–Kier alpha value is -7.44. The lowest BCUT2D eigenvalue weighted by atomic mass is 9.35. The van der Waals surface area contributed by atoms with E-state index in [0.29, 0.717) is 30.5 Å². The minimum atomic E-state index is -1.74. The summed E-state index contributed by atoms with van der Waals surface area (Å²) in [7, 11) is 0. The Morgan fingerprint density at radius 2 is 1.06 bits per heavy atom. The van der Waals surface area contributed by atoms with E-state index in [1.807, 2.05) is 70.7 Å². The highest BCUT2D eigenvalue weighted by atomic mass is 16.3. The van der Waals surface area contributed by atoms with Gasteiger partial charge in [-0.15, -0.1) is 0 Å². The molecule has 10 aromatic rings. The van der Waals surface area contributed by atoms with Crippen LogP contribution < -0.4 is 31.3 Å². The van der Waals surface area contributed by atoms with Gasteiger partial charge in [-0.25, -0.2) is 0 Å². The Kier molecular flexibility index (Phi) is 7.68. The van der Waals surface area contributed by atoms with Gasteiger partial charge in [-0.05, 0) is 152 Å². The van der Waals surface area contributed by atoms with Crippen LogP contribution in [0.15, 0.2) is 160 Å². The van der Waals surface area contributed by atoms with Gasteiger partial charge in [0.1, 0.15) is 16.7 Å². The van der Waals surface area contributed by atoms with Crippen LogP contribution in [0.4, 0.5) is 45.5 Å². The predicted molar refractivity (Wildman–Crippen MR) is 359 cm³/mol. The van der Waals surface area contributed by atoms with Crippen molar-refractivity contribution < 1.29 is 37.6 Å². The summed E-state index contributed by atoms with van der Waals surface area (Å²) >= 11 is 0. The normalized spacial score (nSPS) is 22.3. The third-order valence-corrected chi connectivity index (χ3v) is 18.1. The minimum Gasteiger partial charge on any atom is -0.468 e. The fourth-order valence-corrected chi connectivity index (χ4v) is 13.2. The van der Waals surface area contributed by atoms with Crippen LogP contribution in [-0.4, -0.2) is 12.3 Å². The number of fused-ring (bicyclic) bond motifs is 12. The third-order valence-electron chi connectivity index (χ3n) is 18.1. The van der Waals surface area contributed by atoms with Crippen molar-refractivity contribution in [2.45, 2.75) is 181 Å². The van der Waals surface area contributed by atoms with E-state index in [-0.39, 0.29) is 95.4 Å². The molecule has 0 saturated heterocycles. The second kappa shape index (κ2) is 18.1. The number of furan rings is 2. The Morgan fingerprint density at radius 3 is 1.67 bits per heavy atom. The van der Waals surface area contributed by atoms with Gasteiger partial charge in [0.05, 0.1) is 45.7 Å². The number of para-hydroxylation sites is 2. The molecule has 6 heteroatoms. The summed E-state index contributed by atoms with van der Waals surface area (Å²) in [5, 5.41) is -0.757. The second-order valence-corrected chi connectivity index (χ2v) is 29.2. The Balaban J connectivity index is 1.31. The average Bonchev–Trinajstić information content (AvgIpc) is 1.46. The number of anilines is 8. The quantitative estimate of drug-likeness (QED) is 0.164. The van der Waals surface area contributed by atoms with E-state index >= 15 is 0 Å². The summed E-state index contributed by atoms with van der Waals surface area (Å²) < 4.78 is 230. The first-order valence-electron chi connectivity index (χ1n) is 40.0. The number of hydrogen-bond acceptors (Lipinski definition) is 5. The maximum Gasteiger partial charge on any atom is 0.297 e. The molecular formula is C78H84BN3O2. The lowest BCUT2D eigenvalue weighted by molar-refractivity contribution is 0.195. The number of nitrogens with zero attached hydrogens (tertiary/aromatic N) is 3. The van der Waals surface area contributed by atoms with Crippen LogP contribution in [0.2, 0.25) is 0 Å². The molecule has 14 rings (SSSR count). The molecule has 0 N–H and O–H groups in total. The first-order valence-corrected chi connectivity index (χ1v) is 29.5. The standard InChI is InChI=1S/C78H84BN3O2/c1-72(2,3)48-29-27-47(28-30-48)55-23-22-24-56-57-45-63-61(46-66(57)83-69(55)56)79-67-64(80(63)52-35-31-49(32-36-52)73(4,5)6)43-54(82-62-26-19-18-25-59(62)77(16)39-20-21-40-78(77,82)17)44-65(67)81(53-37-33-50(34-38-53)74(7,8)9)68-58-41-51(75(10,11)12)42-60(76(13,14)15)70(58)84-71(68)79/h18-19,22-38,41-46H,20-21,39-40H2,1-17H3/i22D,23D,24D,27D,28D,29D,30D,31D,32D,33D,34D,35D,36D,37D,38D,41D,42D,43D,44D,45D,46D. The van der Waals surface area contributed by atoms with Crippen LogP contribution in [-0.2, 0) is 32.5 Å². The molecule has 4 aliphatic rings. The highest BCUT2D eigenvalue weighted by Crippen LogP contribution is 2.62. The fraction of sp³-hybridized carbons (Fsp3) is 0.359. The Morgan fingerprint density at radius 1 is 0.488 bits per heavy atom. The van der Waals surface area contributed by atoms with E-state index in [1.165, 1.54) is 9.80 Å². The molecule has 2 unspecified atom stereocenters. The average molecular weight is 1130 g/mol. The van der Waals surface area contributed by atoms with Crippen LogP contribution in [0.25, 0.3) is 44.0 Å². The number of rotatable bonds is 4. The molecule has 2 atom stereocenters. The Bertz CT molecular complexity index is 5540. The molecule has 426 valence electrons. The van der Waals surface area contributed by atoms with Crippen molar-refractivity contribution in [3.05, 3.63) is 185 Å². The van der Waals surface area contributed by atoms with Crippen LogP contribution in [0.1, 0.15) is 206 Å². The maximum atomic E-state index is 11.5. The smallest absolute Gasteiger partial charge is 0.297 e. The van der Waals surface area contributed by atoms with Gasteiger partial charge < -0.3 is 23.5 Å². The van der Waals surface area contributed by atoms with Crippen molar-refractivity contribution in [2.24, 2.45) is 0 Å². The SMILES string of the molecule is [2H]c1c([2H])c(C(C)(C)C)c([2H])c([2H])c1-c1c([2H])c([2H])c([2H])c2c1oc1c([2H])c3c(c([2H])c12)N(c1c([2H])c([2H])c(C(C)(C)C)c([2H])c1[2H])c1c([2H])c(N2c4ccccc4C4(C)CCCCC24C)c([2H])c2c1B3c1oc3c(C(C)(C)C)c([2H])c(C(C)(C)C)c([2H])c3c1N2c1c([2H])c([2H])c(C(C)(C)C)c([2H])c1[2H]. The van der Waals surface area contributed by atoms with Crippen LogP contribution >= 0.6 is 0 Å². The lowest BCUT2D eigenvalue weighted by Crippen LogP contribution is -2.61. The molecule has 0 amide bonds. The van der Waals surface area contributed by atoms with Gasteiger partial charge >= 0.3 is 0 Å². The molecule has 1 saturated carbocycles. The molecule has 84 heavy (non-hydrogen) atoms. The molecule has 0 radical (unpaired) electrons. The van der Waals surface area contributed by atoms with Gasteiger partial charge in [0.25, 0.3) is 6.71 Å². The molecule has 2 aromatic heterocycles. The summed E-state index contributed by atoms with van der Waals surface area (Å²) in [5.41, 5.74) is -9.17. The zero-order valence-corrected chi connectivity index (χ0v) is 51.4. The van der Waals surface area contributed by atoms with E-state index < -0.39 is 199 Å². The van der Waals surface area contributed by atoms with Gasteiger partial charge in [-0.3, -0.25) is 0 Å². The largest absolute Gasteiger partial charge is 0.468 e. The maximum absolute atomic E-state index is 11.5. The van der Waals surface area contributed by atoms with Gasteiger partial charge in [-0.1, -0.05) is 214 Å². The van der Waals surface area contributed by atoms with Crippen molar-refractivity contribution in [3.8, 4) is 11.1 Å². The van der Waals surface area contributed by atoms with Crippen molar-refractivity contribution in [2.75, 3.05) is 14.7 Å². The highest BCUT2D eigenvalue weighted by molar-refractivity contribution is 7.00. The number of hydrogen-bond donors (Lipinski definition) is 0. The molecule has 5 nitrogen and oxygen atoms in total. The van der Waals surface area contributed by atoms with E-state index in [9.17, 15) is 28.8 Å². The lowest BCUT2D eigenvalue weighted by Gasteiger charge is -2.51. The minimum absolute atomic E-state index is 0.00286. The zero-order chi connectivity index (χ0) is 77.4. The van der Waals surface area contributed by atoms with Gasteiger partial charge in [-0.2, -0.15) is 0 Å². The summed E-state index contributed by atoms with van der Waals surface area (Å²) in [6.45, 7) is 29.3. The third kappa shape index (κ3) is 8.07. The van der Waals surface area contributed by atoms with Crippen molar-refractivity contribution in [3.63, 3.8) is 0 Å². The van der Waals surface area contributed by atoms with E-state index in [1.54, 1.807) is 62.3 Å². The fourth-order valence-electron chi connectivity index (χ4n) is 13.2. The molecular weight excluding hydrogens is 1020 g/mol. The first-order chi connectivity index (χ1) is 48.4. The second-order valence-electron chi connectivity index (χ2n) is 29.2. The molecule has 1 fully saturated rings. The number of benzene rings is 8. The molecule has 0 bridgehead atoms. The summed E-state index contributed by atoms with van der Waals surface area (Å²) in [5.74, 6) is 0. The van der Waals surface area contributed by atoms with Crippen LogP contribution in [0, 0.1) is 0 Å². The first kappa shape index (κ1) is 35.8. The molecule has 5 heterocycles. The van der Waals surface area contributed by atoms with Crippen LogP contribution in [0.5, 0.6) is 0 Å². The molecule has 3 aliphatic heterocycles. The van der Waals surface area contributed by atoms with Gasteiger partial charge in [0.2, 0.25) is 0 Å². The molecule has 8 aromatic carbocycles. The molecule has 1 aliphatic carbocycles. The summed E-state index contributed by atoms with van der Waals surface area (Å²) in [6, 6.07) is -3.54. The Labute approximate surface area is 529 Å². The predicted octanol–water partition coefficient (Wildman–Crippen LogP) is 20.3. The molecule has 0 spiro atoms. The monoisotopic (exact) mass is 1130 g/mol. The highest BCUT2D eigenvalue weighted by Gasteiger charge is 2.58. The van der Waals surface area contributed by atoms with Crippen LogP contribution in [0.3, 0.4) is 0 Å². The van der Waals surface area contributed by atoms with Gasteiger partial charge in [0, 0.05) is 72.5 Å². The summed E-state index contributed by atoms with van der Waals surface area (Å²) in [6.07, 6.45) is 2.72. The van der Waals surface area contributed by atoms with E-state index in [2.05, 4.69) is 13.8 Å². The topological polar surface area (TPSA) is 36.0 Å². The van der Waals surface area contributed by atoms with Crippen molar-refractivity contribution in [1.29, 1.82) is 0 Å². The van der Waals surface area contributed by atoms with E-state index in [0.717, 1.165) is 12.0 Å².